The molecule has 0 aliphatic heterocycles. The average Bonchev–Trinajstić information content (AvgIpc) is 3.60. The molecule has 2 aromatic carbocycles. The van der Waals surface area contributed by atoms with Gasteiger partial charge in [-0.15, -0.1) is 0 Å². The van der Waals surface area contributed by atoms with E-state index in [0.717, 1.165) is 33.8 Å². The SMILES string of the molecule is O=C(CCN(Cc1ccco1)c1nc(-c2ccccc2)nc2ccccc12)NCc1ccco1. The number of furan rings is 2. The number of aromatic nitrogens is 2. The number of carbonyl (C=O) groups excluding carboxylic acids is 1. The van der Waals surface area contributed by atoms with Crippen molar-refractivity contribution >= 4 is 22.6 Å². The Morgan fingerprint density at radius 3 is 2.32 bits per heavy atom. The first kappa shape index (κ1) is 21.5. The zero-order valence-electron chi connectivity index (χ0n) is 18.6. The van der Waals surface area contributed by atoms with Crippen molar-refractivity contribution in [2.75, 3.05) is 11.4 Å². The Balaban J connectivity index is 1.45. The fraction of sp³-hybridized carbons (Fsp3) is 0.148. The molecule has 7 heteroatoms. The van der Waals surface area contributed by atoms with Crippen LogP contribution in [0, 0.1) is 0 Å². The summed E-state index contributed by atoms with van der Waals surface area (Å²) >= 11 is 0. The second-order valence-electron chi connectivity index (χ2n) is 7.86. The molecule has 3 aromatic heterocycles. The quantitative estimate of drug-likeness (QED) is 0.331. The third kappa shape index (κ3) is 4.99. The van der Waals surface area contributed by atoms with Gasteiger partial charge >= 0.3 is 0 Å². The van der Waals surface area contributed by atoms with Gasteiger partial charge < -0.3 is 19.1 Å². The van der Waals surface area contributed by atoms with E-state index in [2.05, 4.69) is 10.2 Å². The average molecular weight is 453 g/mol. The first-order valence-electron chi connectivity index (χ1n) is 11.1. The Labute approximate surface area is 197 Å². The van der Waals surface area contributed by atoms with Crippen LogP contribution in [-0.2, 0) is 17.9 Å². The molecule has 5 aromatic rings. The predicted octanol–water partition coefficient (Wildman–Crippen LogP) is 5.20. The van der Waals surface area contributed by atoms with E-state index in [1.54, 1.807) is 18.6 Å². The Hall–Kier alpha value is -4.39. The zero-order chi connectivity index (χ0) is 23.2. The van der Waals surface area contributed by atoms with E-state index in [4.69, 9.17) is 18.8 Å². The highest BCUT2D eigenvalue weighted by Gasteiger charge is 2.18. The number of carbonyl (C=O) groups is 1. The molecule has 1 N–H and O–H groups in total. The molecule has 1 amide bonds. The summed E-state index contributed by atoms with van der Waals surface area (Å²) in [6.07, 6.45) is 3.54. The largest absolute Gasteiger partial charge is 0.467 e. The van der Waals surface area contributed by atoms with E-state index in [1.165, 1.54) is 0 Å². The summed E-state index contributed by atoms with van der Waals surface area (Å²) in [6, 6.07) is 25.2. The maximum atomic E-state index is 12.6. The van der Waals surface area contributed by atoms with Crippen molar-refractivity contribution in [3.05, 3.63) is 103 Å². The summed E-state index contributed by atoms with van der Waals surface area (Å²) < 4.78 is 10.9. The summed E-state index contributed by atoms with van der Waals surface area (Å²) in [5.74, 6) is 2.85. The molecule has 0 saturated heterocycles. The molecule has 0 fully saturated rings. The van der Waals surface area contributed by atoms with Crippen molar-refractivity contribution in [3.63, 3.8) is 0 Å². The van der Waals surface area contributed by atoms with Gasteiger partial charge in [0.2, 0.25) is 5.91 Å². The molecule has 34 heavy (non-hydrogen) atoms. The third-order valence-electron chi connectivity index (χ3n) is 5.49. The number of fused-ring (bicyclic) bond motifs is 1. The monoisotopic (exact) mass is 452 g/mol. The molecule has 170 valence electrons. The minimum absolute atomic E-state index is 0.0671. The second kappa shape index (κ2) is 10.0. The van der Waals surface area contributed by atoms with Gasteiger partial charge in [-0.2, -0.15) is 0 Å². The topological polar surface area (TPSA) is 84.4 Å². The molecule has 7 nitrogen and oxygen atoms in total. The standard InChI is InChI=1S/C27H24N4O3/c32-25(28-18-21-10-6-16-33-21)14-15-31(19-22-11-7-17-34-22)27-23-12-4-5-13-24(23)29-26(30-27)20-8-2-1-3-9-20/h1-13,16-17H,14-15,18-19H2,(H,28,32). The summed E-state index contributed by atoms with van der Waals surface area (Å²) in [5, 5.41) is 3.83. The lowest BCUT2D eigenvalue weighted by atomic mass is 10.1. The van der Waals surface area contributed by atoms with E-state index in [9.17, 15) is 4.79 Å². The first-order valence-corrected chi connectivity index (χ1v) is 11.1. The van der Waals surface area contributed by atoms with Crippen LogP contribution < -0.4 is 10.2 Å². The van der Waals surface area contributed by atoms with Gasteiger partial charge in [-0.1, -0.05) is 42.5 Å². The molecule has 0 aliphatic carbocycles. The van der Waals surface area contributed by atoms with Gasteiger partial charge in [-0.3, -0.25) is 4.79 Å². The normalized spacial score (nSPS) is 10.9. The molecule has 0 radical (unpaired) electrons. The Bertz CT molecular complexity index is 1350. The van der Waals surface area contributed by atoms with Crippen molar-refractivity contribution < 1.29 is 13.6 Å². The minimum Gasteiger partial charge on any atom is -0.467 e. The van der Waals surface area contributed by atoms with Gasteiger partial charge in [0, 0.05) is 23.9 Å². The number of para-hydroxylation sites is 1. The summed E-state index contributed by atoms with van der Waals surface area (Å²) in [5.41, 5.74) is 1.78. The van der Waals surface area contributed by atoms with Gasteiger partial charge in [0.05, 0.1) is 31.1 Å². The highest BCUT2D eigenvalue weighted by molar-refractivity contribution is 5.91. The van der Waals surface area contributed by atoms with E-state index in [0.29, 0.717) is 31.9 Å². The molecule has 0 spiro atoms. The lowest BCUT2D eigenvalue weighted by molar-refractivity contribution is -0.121. The van der Waals surface area contributed by atoms with Crippen molar-refractivity contribution in [1.82, 2.24) is 15.3 Å². The molecule has 0 saturated carbocycles. The van der Waals surface area contributed by atoms with Gasteiger partial charge in [-0.25, -0.2) is 9.97 Å². The summed E-state index contributed by atoms with van der Waals surface area (Å²) in [6.45, 7) is 1.30. The number of benzene rings is 2. The summed E-state index contributed by atoms with van der Waals surface area (Å²) in [7, 11) is 0. The van der Waals surface area contributed by atoms with E-state index in [-0.39, 0.29) is 5.91 Å². The van der Waals surface area contributed by atoms with Gasteiger partial charge in [0.15, 0.2) is 5.82 Å². The second-order valence-corrected chi connectivity index (χ2v) is 7.86. The van der Waals surface area contributed by atoms with Gasteiger partial charge in [-0.05, 0) is 36.4 Å². The molecule has 0 atom stereocenters. The van der Waals surface area contributed by atoms with Crippen LogP contribution >= 0.6 is 0 Å². The Morgan fingerprint density at radius 2 is 1.56 bits per heavy atom. The Morgan fingerprint density at radius 1 is 0.824 bits per heavy atom. The molecule has 3 heterocycles. The van der Waals surface area contributed by atoms with Crippen LogP contribution in [0.15, 0.2) is 100 Å². The Kier molecular flexibility index (Phi) is 6.34. The van der Waals surface area contributed by atoms with Crippen LogP contribution in [-0.4, -0.2) is 22.4 Å². The first-order chi connectivity index (χ1) is 16.8. The zero-order valence-corrected chi connectivity index (χ0v) is 18.6. The molecule has 0 aliphatic rings. The number of hydrogen-bond donors (Lipinski definition) is 1. The predicted molar refractivity (Wildman–Crippen MR) is 130 cm³/mol. The van der Waals surface area contributed by atoms with E-state index < -0.39 is 0 Å². The van der Waals surface area contributed by atoms with Crippen molar-refractivity contribution in [2.24, 2.45) is 0 Å². The molecule has 0 bridgehead atoms. The van der Waals surface area contributed by atoms with Crippen molar-refractivity contribution in [2.45, 2.75) is 19.5 Å². The number of anilines is 1. The number of nitrogens with zero attached hydrogens (tertiary/aromatic N) is 3. The van der Waals surface area contributed by atoms with Gasteiger partial charge in [0.1, 0.15) is 17.3 Å². The molecular formula is C27H24N4O3. The van der Waals surface area contributed by atoms with Crippen LogP contribution in [0.2, 0.25) is 0 Å². The van der Waals surface area contributed by atoms with E-state index in [1.807, 2.05) is 72.8 Å². The number of rotatable bonds is 9. The number of nitrogens with one attached hydrogen (secondary N) is 1. The smallest absolute Gasteiger partial charge is 0.222 e. The van der Waals surface area contributed by atoms with Crippen LogP contribution in [0.3, 0.4) is 0 Å². The van der Waals surface area contributed by atoms with Gasteiger partial charge in [0.25, 0.3) is 0 Å². The lowest BCUT2D eigenvalue weighted by Crippen LogP contribution is -2.31. The molecule has 0 unspecified atom stereocenters. The third-order valence-corrected chi connectivity index (χ3v) is 5.49. The maximum Gasteiger partial charge on any atom is 0.222 e. The van der Waals surface area contributed by atoms with Crippen LogP contribution in [0.4, 0.5) is 5.82 Å². The summed E-state index contributed by atoms with van der Waals surface area (Å²) in [4.78, 5) is 24.4. The van der Waals surface area contributed by atoms with Crippen LogP contribution in [0.5, 0.6) is 0 Å². The molecular weight excluding hydrogens is 428 g/mol. The van der Waals surface area contributed by atoms with Crippen LogP contribution in [0.1, 0.15) is 17.9 Å². The van der Waals surface area contributed by atoms with E-state index >= 15 is 0 Å². The van der Waals surface area contributed by atoms with Crippen molar-refractivity contribution in [3.8, 4) is 11.4 Å². The maximum absolute atomic E-state index is 12.6. The highest BCUT2D eigenvalue weighted by atomic mass is 16.3. The minimum atomic E-state index is -0.0671. The fourth-order valence-electron chi connectivity index (χ4n) is 3.79. The number of amides is 1. The highest BCUT2D eigenvalue weighted by Crippen LogP contribution is 2.29. The van der Waals surface area contributed by atoms with Crippen LogP contribution in [0.25, 0.3) is 22.3 Å². The number of hydrogen-bond acceptors (Lipinski definition) is 6. The lowest BCUT2D eigenvalue weighted by Gasteiger charge is -2.24. The molecule has 5 rings (SSSR count). The van der Waals surface area contributed by atoms with Crippen molar-refractivity contribution in [1.29, 1.82) is 0 Å². The fourth-order valence-corrected chi connectivity index (χ4v) is 3.79.